The van der Waals surface area contributed by atoms with Crippen LogP contribution >= 0.6 is 0 Å². The van der Waals surface area contributed by atoms with E-state index in [9.17, 15) is 4.79 Å². The Balaban J connectivity index is 1.55. The van der Waals surface area contributed by atoms with Crippen molar-refractivity contribution in [1.29, 1.82) is 0 Å². The highest BCUT2D eigenvalue weighted by atomic mass is 16.2. The number of amides is 1. The fourth-order valence-electron chi connectivity index (χ4n) is 3.59. The Hall–Kier alpha value is -1.35. The summed E-state index contributed by atoms with van der Waals surface area (Å²) in [6.45, 7) is 5.82. The van der Waals surface area contributed by atoms with Crippen molar-refractivity contribution in [2.24, 2.45) is 11.8 Å². The maximum Gasteiger partial charge on any atom is 0.224 e. The van der Waals surface area contributed by atoms with Gasteiger partial charge in [0.25, 0.3) is 0 Å². The Labute approximate surface area is 121 Å². The Bertz CT molecular complexity index is 498. The van der Waals surface area contributed by atoms with E-state index in [0.29, 0.717) is 17.9 Å². The van der Waals surface area contributed by atoms with Crippen molar-refractivity contribution in [3.8, 4) is 0 Å². The number of hydrogen-bond donors (Lipinski definition) is 2. The standard InChI is InChI=1S/C17H24N2O/c1-11(2)18-9-10-19-17(20)16-14-8-7-12-5-3-4-6-13(12)15(14)16/h3-6,11,14-16,18H,7-10H2,1-2H3,(H,19,20). The number of hydrogen-bond acceptors (Lipinski definition) is 2. The molecule has 0 aliphatic heterocycles. The number of benzene rings is 1. The van der Waals surface area contributed by atoms with Gasteiger partial charge in [-0.1, -0.05) is 38.1 Å². The summed E-state index contributed by atoms with van der Waals surface area (Å²) in [7, 11) is 0. The SMILES string of the molecule is CC(C)NCCNC(=O)C1C2CCc3ccccc3C21. The van der Waals surface area contributed by atoms with Crippen LogP contribution in [-0.4, -0.2) is 25.0 Å². The number of fused-ring (bicyclic) bond motifs is 3. The van der Waals surface area contributed by atoms with E-state index >= 15 is 0 Å². The summed E-state index contributed by atoms with van der Waals surface area (Å²) in [5.74, 6) is 1.54. The van der Waals surface area contributed by atoms with Gasteiger partial charge in [-0.15, -0.1) is 0 Å². The first-order valence-electron chi connectivity index (χ1n) is 7.77. The molecule has 1 aromatic carbocycles. The fraction of sp³-hybridized carbons (Fsp3) is 0.588. The van der Waals surface area contributed by atoms with E-state index in [1.165, 1.54) is 17.5 Å². The van der Waals surface area contributed by atoms with Gasteiger partial charge in [0.05, 0.1) is 0 Å². The number of nitrogens with one attached hydrogen (secondary N) is 2. The minimum Gasteiger partial charge on any atom is -0.355 e. The average molecular weight is 272 g/mol. The molecular weight excluding hydrogens is 248 g/mol. The van der Waals surface area contributed by atoms with Crippen molar-refractivity contribution in [2.45, 2.75) is 38.6 Å². The zero-order chi connectivity index (χ0) is 14.1. The highest BCUT2D eigenvalue weighted by molar-refractivity contribution is 5.84. The molecule has 3 atom stereocenters. The Kier molecular flexibility index (Phi) is 3.79. The van der Waals surface area contributed by atoms with Crippen LogP contribution in [0.2, 0.25) is 0 Å². The maximum absolute atomic E-state index is 12.3. The van der Waals surface area contributed by atoms with E-state index in [1.807, 2.05) is 0 Å². The van der Waals surface area contributed by atoms with Gasteiger partial charge >= 0.3 is 0 Å². The molecule has 0 heterocycles. The lowest BCUT2D eigenvalue weighted by atomic mass is 9.92. The first-order valence-corrected chi connectivity index (χ1v) is 7.77. The molecule has 0 saturated heterocycles. The predicted molar refractivity (Wildman–Crippen MR) is 80.6 cm³/mol. The van der Waals surface area contributed by atoms with Gasteiger partial charge in [0.2, 0.25) is 5.91 Å². The van der Waals surface area contributed by atoms with Crippen LogP contribution in [0.15, 0.2) is 24.3 Å². The van der Waals surface area contributed by atoms with Gasteiger partial charge in [0.1, 0.15) is 0 Å². The molecular formula is C17H24N2O. The van der Waals surface area contributed by atoms with Gasteiger partial charge in [-0.2, -0.15) is 0 Å². The monoisotopic (exact) mass is 272 g/mol. The molecule has 0 aromatic heterocycles. The molecule has 1 fully saturated rings. The molecule has 108 valence electrons. The Morgan fingerprint density at radius 3 is 2.90 bits per heavy atom. The number of aryl methyl sites for hydroxylation is 1. The smallest absolute Gasteiger partial charge is 0.224 e. The van der Waals surface area contributed by atoms with Crippen molar-refractivity contribution in [3.05, 3.63) is 35.4 Å². The molecule has 20 heavy (non-hydrogen) atoms. The maximum atomic E-state index is 12.3. The summed E-state index contributed by atoms with van der Waals surface area (Å²) >= 11 is 0. The molecule has 3 nitrogen and oxygen atoms in total. The number of carbonyl (C=O) groups is 1. The normalized spacial score (nSPS) is 26.9. The molecule has 0 spiro atoms. The first kappa shape index (κ1) is 13.6. The third-order valence-corrected chi connectivity index (χ3v) is 4.61. The van der Waals surface area contributed by atoms with Crippen LogP contribution in [0.5, 0.6) is 0 Å². The minimum absolute atomic E-state index is 0.220. The summed E-state index contributed by atoms with van der Waals surface area (Å²) in [4.78, 5) is 12.3. The molecule has 3 unspecified atom stereocenters. The number of carbonyl (C=O) groups excluding carboxylic acids is 1. The fourth-order valence-corrected chi connectivity index (χ4v) is 3.59. The molecule has 2 N–H and O–H groups in total. The van der Waals surface area contributed by atoms with Crippen molar-refractivity contribution in [2.75, 3.05) is 13.1 Å². The van der Waals surface area contributed by atoms with E-state index in [1.54, 1.807) is 0 Å². The van der Waals surface area contributed by atoms with Gasteiger partial charge < -0.3 is 10.6 Å². The van der Waals surface area contributed by atoms with Gasteiger partial charge in [-0.25, -0.2) is 0 Å². The summed E-state index contributed by atoms with van der Waals surface area (Å²) in [6, 6.07) is 9.10. The topological polar surface area (TPSA) is 41.1 Å². The van der Waals surface area contributed by atoms with E-state index in [2.05, 4.69) is 48.7 Å². The van der Waals surface area contributed by atoms with Crippen molar-refractivity contribution < 1.29 is 4.79 Å². The van der Waals surface area contributed by atoms with Crippen LogP contribution in [0.3, 0.4) is 0 Å². The molecule has 1 amide bonds. The highest BCUT2D eigenvalue weighted by Crippen LogP contribution is 2.59. The highest BCUT2D eigenvalue weighted by Gasteiger charge is 2.56. The third-order valence-electron chi connectivity index (χ3n) is 4.61. The summed E-state index contributed by atoms with van der Waals surface area (Å²) in [6.07, 6.45) is 2.31. The van der Waals surface area contributed by atoms with Crippen LogP contribution in [0.4, 0.5) is 0 Å². The number of rotatable bonds is 5. The zero-order valence-electron chi connectivity index (χ0n) is 12.4. The van der Waals surface area contributed by atoms with Crippen LogP contribution in [0.1, 0.15) is 37.3 Å². The molecule has 2 aliphatic carbocycles. The van der Waals surface area contributed by atoms with Gasteiger partial charge in [0, 0.05) is 25.0 Å². The largest absolute Gasteiger partial charge is 0.355 e. The lowest BCUT2D eigenvalue weighted by Gasteiger charge is -2.13. The van der Waals surface area contributed by atoms with Gasteiger partial charge in [-0.3, -0.25) is 4.79 Å². The van der Waals surface area contributed by atoms with Crippen molar-refractivity contribution in [3.63, 3.8) is 0 Å². The molecule has 3 rings (SSSR count). The second-order valence-electron chi connectivity index (χ2n) is 6.35. The van der Waals surface area contributed by atoms with Crippen LogP contribution in [0, 0.1) is 11.8 Å². The van der Waals surface area contributed by atoms with E-state index < -0.39 is 0 Å². The van der Waals surface area contributed by atoms with E-state index in [4.69, 9.17) is 0 Å². The molecule has 0 bridgehead atoms. The zero-order valence-corrected chi connectivity index (χ0v) is 12.4. The second kappa shape index (κ2) is 5.57. The predicted octanol–water partition coefficient (Wildman–Crippen LogP) is 2.08. The minimum atomic E-state index is 0.220. The lowest BCUT2D eigenvalue weighted by Crippen LogP contribution is -2.35. The molecule has 1 aromatic rings. The molecule has 0 radical (unpaired) electrons. The molecule has 2 aliphatic rings. The van der Waals surface area contributed by atoms with Gasteiger partial charge in [0.15, 0.2) is 0 Å². The second-order valence-corrected chi connectivity index (χ2v) is 6.35. The summed E-state index contributed by atoms with van der Waals surface area (Å²) in [5.41, 5.74) is 2.87. The van der Waals surface area contributed by atoms with Crippen LogP contribution in [-0.2, 0) is 11.2 Å². The summed E-state index contributed by atoms with van der Waals surface area (Å²) in [5, 5.41) is 6.41. The van der Waals surface area contributed by atoms with Crippen molar-refractivity contribution in [1.82, 2.24) is 10.6 Å². The molecule has 1 saturated carbocycles. The first-order chi connectivity index (χ1) is 9.68. The van der Waals surface area contributed by atoms with Crippen LogP contribution in [0.25, 0.3) is 0 Å². The van der Waals surface area contributed by atoms with E-state index in [0.717, 1.165) is 19.5 Å². The van der Waals surface area contributed by atoms with Gasteiger partial charge in [-0.05, 0) is 35.8 Å². The quantitative estimate of drug-likeness (QED) is 0.806. The lowest BCUT2D eigenvalue weighted by molar-refractivity contribution is -0.122. The van der Waals surface area contributed by atoms with Crippen molar-refractivity contribution >= 4 is 5.91 Å². The molecule has 3 heteroatoms. The Morgan fingerprint density at radius 1 is 1.30 bits per heavy atom. The van der Waals surface area contributed by atoms with E-state index in [-0.39, 0.29) is 11.8 Å². The third kappa shape index (κ3) is 2.59. The Morgan fingerprint density at radius 2 is 2.10 bits per heavy atom. The van der Waals surface area contributed by atoms with Crippen LogP contribution < -0.4 is 10.6 Å². The summed E-state index contributed by atoms with van der Waals surface area (Å²) < 4.78 is 0. The average Bonchev–Trinajstić information content (AvgIpc) is 3.18.